The summed E-state index contributed by atoms with van der Waals surface area (Å²) < 4.78 is 8.71. The van der Waals surface area contributed by atoms with Crippen LogP contribution in [0.25, 0.3) is 5.82 Å². The summed E-state index contributed by atoms with van der Waals surface area (Å²) in [6, 6.07) is 11.0. The van der Waals surface area contributed by atoms with E-state index in [4.69, 9.17) is 4.74 Å². The maximum Gasteiger partial charge on any atom is 0.276 e. The van der Waals surface area contributed by atoms with Gasteiger partial charge in [0.2, 0.25) is 0 Å². The molecule has 3 rings (SSSR count). The molecule has 3 aromatic rings. The molecule has 26 heavy (non-hydrogen) atoms. The van der Waals surface area contributed by atoms with Crippen LogP contribution < -0.4 is 15.6 Å². The van der Waals surface area contributed by atoms with E-state index in [1.165, 1.54) is 6.20 Å². The van der Waals surface area contributed by atoms with Crippen LogP contribution in [-0.2, 0) is 11.8 Å². The summed E-state index contributed by atoms with van der Waals surface area (Å²) >= 11 is 0. The largest absolute Gasteiger partial charge is 0.484 e. The van der Waals surface area contributed by atoms with Crippen molar-refractivity contribution in [3.8, 4) is 11.6 Å². The van der Waals surface area contributed by atoms with E-state index >= 15 is 0 Å². The zero-order chi connectivity index (χ0) is 18.5. The highest BCUT2D eigenvalue weighted by molar-refractivity contribution is 5.98. The molecule has 0 aliphatic rings. The Morgan fingerprint density at radius 2 is 1.81 bits per heavy atom. The van der Waals surface area contributed by atoms with Gasteiger partial charge >= 0.3 is 0 Å². The third-order valence-electron chi connectivity index (χ3n) is 3.71. The normalized spacial score (nSPS) is 10.4. The van der Waals surface area contributed by atoms with Crippen LogP contribution in [0, 0.1) is 6.92 Å². The standard InChI is InChI=1S/C18H19N5O3/c1-13-5-7-14(8-6-13)26-12-16(24)20-21-17(25)15-11-19-22(2)18(15)23-9-3-4-10-23/h3-11H,12H2,1-2H3,(H,20,24)(H,21,25). The van der Waals surface area contributed by atoms with Gasteiger partial charge in [-0.05, 0) is 31.2 Å². The van der Waals surface area contributed by atoms with E-state index in [1.54, 1.807) is 28.4 Å². The maximum atomic E-state index is 12.4. The van der Waals surface area contributed by atoms with Gasteiger partial charge in [-0.25, -0.2) is 0 Å². The first-order valence-electron chi connectivity index (χ1n) is 7.98. The molecule has 0 saturated heterocycles. The molecule has 0 unspecified atom stereocenters. The van der Waals surface area contributed by atoms with Crippen molar-refractivity contribution >= 4 is 11.8 Å². The number of hydrazine groups is 1. The molecule has 2 amide bonds. The van der Waals surface area contributed by atoms with E-state index in [2.05, 4.69) is 16.0 Å². The minimum Gasteiger partial charge on any atom is -0.484 e. The number of carbonyl (C=O) groups is 2. The lowest BCUT2D eigenvalue weighted by Gasteiger charge is -2.10. The van der Waals surface area contributed by atoms with Crippen LogP contribution >= 0.6 is 0 Å². The maximum absolute atomic E-state index is 12.4. The fourth-order valence-electron chi connectivity index (χ4n) is 2.39. The number of aryl methyl sites for hydroxylation is 2. The molecule has 0 bridgehead atoms. The Balaban J connectivity index is 1.56. The molecule has 0 aliphatic heterocycles. The Morgan fingerprint density at radius 3 is 2.50 bits per heavy atom. The number of nitrogens with one attached hydrogen (secondary N) is 2. The molecular weight excluding hydrogens is 334 g/mol. The summed E-state index contributed by atoms with van der Waals surface area (Å²) in [7, 11) is 1.74. The first-order chi connectivity index (χ1) is 12.5. The number of aromatic nitrogens is 3. The Morgan fingerprint density at radius 1 is 1.12 bits per heavy atom. The predicted octanol–water partition coefficient (Wildman–Crippen LogP) is 1.36. The Labute approximate surface area is 150 Å². The van der Waals surface area contributed by atoms with Crippen molar-refractivity contribution in [2.45, 2.75) is 6.92 Å². The second-order valence-electron chi connectivity index (χ2n) is 5.70. The lowest BCUT2D eigenvalue weighted by Crippen LogP contribution is -2.44. The average Bonchev–Trinajstić information content (AvgIpc) is 3.28. The summed E-state index contributed by atoms with van der Waals surface area (Å²) in [5.74, 6) is 0.243. The van der Waals surface area contributed by atoms with Gasteiger partial charge in [-0.2, -0.15) is 5.10 Å². The number of hydrogen-bond donors (Lipinski definition) is 2. The molecule has 2 N–H and O–H groups in total. The number of ether oxygens (including phenoxy) is 1. The van der Waals surface area contributed by atoms with E-state index < -0.39 is 11.8 Å². The number of hydrogen-bond acceptors (Lipinski definition) is 4. The van der Waals surface area contributed by atoms with Gasteiger partial charge in [-0.15, -0.1) is 0 Å². The van der Waals surface area contributed by atoms with E-state index in [-0.39, 0.29) is 6.61 Å². The van der Waals surface area contributed by atoms with E-state index in [0.717, 1.165) is 5.56 Å². The molecule has 0 spiro atoms. The highest BCUT2D eigenvalue weighted by atomic mass is 16.5. The highest BCUT2D eigenvalue weighted by Crippen LogP contribution is 2.13. The van der Waals surface area contributed by atoms with Gasteiger partial charge in [0, 0.05) is 19.4 Å². The van der Waals surface area contributed by atoms with Crippen molar-refractivity contribution in [1.29, 1.82) is 0 Å². The van der Waals surface area contributed by atoms with Crippen molar-refractivity contribution < 1.29 is 14.3 Å². The monoisotopic (exact) mass is 353 g/mol. The Bertz CT molecular complexity index is 898. The smallest absolute Gasteiger partial charge is 0.276 e. The van der Waals surface area contributed by atoms with Crippen molar-refractivity contribution in [3.63, 3.8) is 0 Å². The number of carbonyl (C=O) groups excluding carboxylic acids is 2. The molecule has 2 aromatic heterocycles. The molecule has 0 saturated carbocycles. The van der Waals surface area contributed by atoms with Crippen LogP contribution in [0.4, 0.5) is 0 Å². The van der Waals surface area contributed by atoms with Gasteiger partial charge in [0.25, 0.3) is 11.8 Å². The highest BCUT2D eigenvalue weighted by Gasteiger charge is 2.17. The average molecular weight is 353 g/mol. The van der Waals surface area contributed by atoms with Crippen LogP contribution in [0.3, 0.4) is 0 Å². The van der Waals surface area contributed by atoms with Crippen LogP contribution in [0.5, 0.6) is 5.75 Å². The van der Waals surface area contributed by atoms with Crippen LogP contribution in [-0.4, -0.2) is 32.8 Å². The van der Waals surface area contributed by atoms with Crippen molar-refractivity contribution in [2.75, 3.05) is 6.61 Å². The summed E-state index contributed by atoms with van der Waals surface area (Å²) in [5, 5.41) is 4.10. The van der Waals surface area contributed by atoms with E-state index in [0.29, 0.717) is 17.1 Å². The SMILES string of the molecule is Cc1ccc(OCC(=O)NNC(=O)c2cnn(C)c2-n2cccc2)cc1. The number of nitrogens with zero attached hydrogens (tertiary/aromatic N) is 3. The topological polar surface area (TPSA) is 90.2 Å². The van der Waals surface area contributed by atoms with Gasteiger partial charge in [0.15, 0.2) is 6.61 Å². The molecule has 0 aliphatic carbocycles. The molecule has 8 nitrogen and oxygen atoms in total. The predicted molar refractivity (Wildman–Crippen MR) is 94.8 cm³/mol. The quantitative estimate of drug-likeness (QED) is 0.678. The molecule has 0 atom stereocenters. The van der Waals surface area contributed by atoms with Gasteiger partial charge in [0.1, 0.15) is 17.1 Å². The minimum absolute atomic E-state index is 0.208. The molecule has 0 fully saturated rings. The Kier molecular flexibility index (Phi) is 5.02. The fourth-order valence-corrected chi connectivity index (χ4v) is 2.39. The van der Waals surface area contributed by atoms with Crippen LogP contribution in [0.1, 0.15) is 15.9 Å². The van der Waals surface area contributed by atoms with Gasteiger partial charge < -0.3 is 9.30 Å². The number of rotatable bonds is 5. The third kappa shape index (κ3) is 3.92. The third-order valence-corrected chi connectivity index (χ3v) is 3.71. The minimum atomic E-state index is -0.467. The molecule has 8 heteroatoms. The van der Waals surface area contributed by atoms with Crippen molar-refractivity contribution in [3.05, 3.63) is 66.1 Å². The number of amides is 2. The lowest BCUT2D eigenvalue weighted by molar-refractivity contribution is -0.123. The first kappa shape index (κ1) is 17.3. The van der Waals surface area contributed by atoms with Gasteiger partial charge in [-0.3, -0.25) is 25.1 Å². The zero-order valence-electron chi connectivity index (χ0n) is 14.5. The van der Waals surface area contributed by atoms with Crippen LogP contribution in [0.15, 0.2) is 55.0 Å². The second-order valence-corrected chi connectivity index (χ2v) is 5.70. The lowest BCUT2D eigenvalue weighted by atomic mass is 10.2. The van der Waals surface area contributed by atoms with Crippen LogP contribution in [0.2, 0.25) is 0 Å². The van der Waals surface area contributed by atoms with E-state index in [1.807, 2.05) is 43.6 Å². The molecule has 1 aromatic carbocycles. The Hall–Kier alpha value is -3.55. The summed E-state index contributed by atoms with van der Waals surface area (Å²) in [5.41, 5.74) is 6.15. The summed E-state index contributed by atoms with van der Waals surface area (Å²) in [6.45, 7) is 1.76. The fraction of sp³-hybridized carbons (Fsp3) is 0.167. The van der Waals surface area contributed by atoms with Gasteiger partial charge in [0.05, 0.1) is 6.20 Å². The first-order valence-corrected chi connectivity index (χ1v) is 7.98. The molecule has 0 radical (unpaired) electrons. The summed E-state index contributed by atoms with van der Waals surface area (Å²) in [6.07, 6.45) is 5.06. The van der Waals surface area contributed by atoms with Gasteiger partial charge in [-0.1, -0.05) is 17.7 Å². The molecule has 134 valence electrons. The van der Waals surface area contributed by atoms with Crippen molar-refractivity contribution in [1.82, 2.24) is 25.2 Å². The van der Waals surface area contributed by atoms with E-state index in [9.17, 15) is 9.59 Å². The second kappa shape index (κ2) is 7.56. The molecule has 2 heterocycles. The summed E-state index contributed by atoms with van der Waals surface area (Å²) in [4.78, 5) is 24.2. The molecular formula is C18H19N5O3. The van der Waals surface area contributed by atoms with Crippen molar-refractivity contribution in [2.24, 2.45) is 7.05 Å². The zero-order valence-corrected chi connectivity index (χ0v) is 14.5. The number of benzene rings is 1.